The Balaban J connectivity index is 1.76. The summed E-state index contributed by atoms with van der Waals surface area (Å²) in [6, 6.07) is 4.92. The lowest BCUT2D eigenvalue weighted by atomic mass is 10.1. The van der Waals surface area contributed by atoms with E-state index in [1.54, 1.807) is 12.1 Å². The van der Waals surface area contributed by atoms with Crippen LogP contribution in [-0.4, -0.2) is 49.6 Å². The van der Waals surface area contributed by atoms with Crippen molar-refractivity contribution in [2.45, 2.75) is 12.8 Å². The third-order valence-electron chi connectivity index (χ3n) is 3.52. The molecule has 1 aliphatic rings. The predicted octanol–water partition coefficient (Wildman–Crippen LogP) is 2.77. The summed E-state index contributed by atoms with van der Waals surface area (Å²) in [6.07, 6.45) is 2.02. The maximum atomic E-state index is 13.1. The first kappa shape index (κ1) is 14.0. The molecule has 1 aromatic carbocycles. The van der Waals surface area contributed by atoms with Gasteiger partial charge in [-0.15, -0.1) is 0 Å². The van der Waals surface area contributed by atoms with Gasteiger partial charge in [0.25, 0.3) is 0 Å². The second-order valence-electron chi connectivity index (χ2n) is 4.98. The fourth-order valence-electron chi connectivity index (χ4n) is 2.30. The van der Waals surface area contributed by atoms with Crippen LogP contribution in [0, 0.1) is 5.82 Å². The molecule has 0 N–H and O–H groups in total. The van der Waals surface area contributed by atoms with Crippen LogP contribution in [0.15, 0.2) is 22.7 Å². The van der Waals surface area contributed by atoms with Crippen LogP contribution in [0.5, 0.6) is 0 Å². The van der Waals surface area contributed by atoms with Crippen molar-refractivity contribution in [1.29, 1.82) is 0 Å². The van der Waals surface area contributed by atoms with E-state index in [9.17, 15) is 4.39 Å². The van der Waals surface area contributed by atoms with E-state index < -0.39 is 0 Å². The van der Waals surface area contributed by atoms with Gasteiger partial charge in [0.15, 0.2) is 0 Å². The van der Waals surface area contributed by atoms with E-state index in [2.05, 4.69) is 32.8 Å². The van der Waals surface area contributed by atoms with E-state index in [1.807, 2.05) is 0 Å². The minimum Gasteiger partial charge on any atom is -0.304 e. The number of likely N-dealkylation sites (N-methyl/N-ethyl adjacent to an activating group) is 1. The third kappa shape index (κ3) is 4.04. The summed E-state index contributed by atoms with van der Waals surface area (Å²) in [5.41, 5.74) is 1.07. The SMILES string of the molecule is CN1CCN(CCCc2cc(F)ccc2Br)CC1. The maximum absolute atomic E-state index is 13.1. The second-order valence-corrected chi connectivity index (χ2v) is 5.84. The number of hydrogen-bond donors (Lipinski definition) is 0. The highest BCUT2D eigenvalue weighted by Crippen LogP contribution is 2.19. The second kappa shape index (κ2) is 6.64. The summed E-state index contributed by atoms with van der Waals surface area (Å²) in [5, 5.41) is 0. The highest BCUT2D eigenvalue weighted by Gasteiger charge is 2.13. The zero-order valence-corrected chi connectivity index (χ0v) is 12.4. The van der Waals surface area contributed by atoms with Crippen LogP contribution in [0.2, 0.25) is 0 Å². The van der Waals surface area contributed by atoms with Crippen LogP contribution in [0.25, 0.3) is 0 Å². The van der Waals surface area contributed by atoms with Gasteiger partial charge in [-0.1, -0.05) is 15.9 Å². The number of benzene rings is 1. The van der Waals surface area contributed by atoms with E-state index in [-0.39, 0.29) is 5.82 Å². The first-order valence-electron chi connectivity index (χ1n) is 6.50. The van der Waals surface area contributed by atoms with Crippen molar-refractivity contribution >= 4 is 15.9 Å². The van der Waals surface area contributed by atoms with Crippen molar-refractivity contribution in [2.24, 2.45) is 0 Å². The number of piperazine rings is 1. The van der Waals surface area contributed by atoms with Crippen LogP contribution >= 0.6 is 15.9 Å². The fourth-order valence-corrected chi connectivity index (χ4v) is 2.74. The molecule has 1 fully saturated rings. The van der Waals surface area contributed by atoms with Crippen LogP contribution in [0.4, 0.5) is 4.39 Å². The average molecular weight is 315 g/mol. The van der Waals surface area contributed by atoms with Crippen LogP contribution in [0.3, 0.4) is 0 Å². The summed E-state index contributed by atoms with van der Waals surface area (Å²) < 4.78 is 14.2. The van der Waals surface area contributed by atoms with Gasteiger partial charge in [-0.3, -0.25) is 0 Å². The molecule has 18 heavy (non-hydrogen) atoms. The van der Waals surface area contributed by atoms with Gasteiger partial charge in [-0.2, -0.15) is 0 Å². The normalized spacial score (nSPS) is 18.2. The Morgan fingerprint density at radius 3 is 2.67 bits per heavy atom. The molecular formula is C14H20BrFN2. The molecule has 100 valence electrons. The predicted molar refractivity (Wildman–Crippen MR) is 76.4 cm³/mol. The largest absolute Gasteiger partial charge is 0.304 e. The van der Waals surface area contributed by atoms with Crippen molar-refractivity contribution in [3.05, 3.63) is 34.1 Å². The number of halogens is 2. The lowest BCUT2D eigenvalue weighted by molar-refractivity contribution is 0.153. The quantitative estimate of drug-likeness (QED) is 0.843. The van der Waals surface area contributed by atoms with Crippen molar-refractivity contribution in [2.75, 3.05) is 39.8 Å². The maximum Gasteiger partial charge on any atom is 0.123 e. The molecule has 1 aromatic rings. The standard InChI is InChI=1S/C14H20BrFN2/c1-17-7-9-18(10-8-17)6-2-3-12-11-13(16)4-5-14(12)15/h4-5,11H,2-3,6-10H2,1H3. The van der Waals surface area contributed by atoms with Gasteiger partial charge in [-0.25, -0.2) is 4.39 Å². The van der Waals surface area contributed by atoms with Crippen molar-refractivity contribution < 1.29 is 4.39 Å². The van der Waals surface area contributed by atoms with E-state index in [1.165, 1.54) is 6.07 Å². The molecule has 0 aliphatic carbocycles. The summed E-state index contributed by atoms with van der Waals surface area (Å²) in [4.78, 5) is 4.85. The number of hydrogen-bond acceptors (Lipinski definition) is 2. The molecule has 1 saturated heterocycles. The minimum atomic E-state index is -0.146. The summed E-state index contributed by atoms with van der Waals surface area (Å²) in [7, 11) is 2.17. The fraction of sp³-hybridized carbons (Fsp3) is 0.571. The molecule has 0 aromatic heterocycles. The van der Waals surface area contributed by atoms with Gasteiger partial charge in [0.05, 0.1) is 0 Å². The molecule has 0 amide bonds. The van der Waals surface area contributed by atoms with E-state index >= 15 is 0 Å². The highest BCUT2D eigenvalue weighted by molar-refractivity contribution is 9.10. The summed E-state index contributed by atoms with van der Waals surface area (Å²) >= 11 is 3.48. The van der Waals surface area contributed by atoms with Crippen molar-refractivity contribution in [3.8, 4) is 0 Å². The van der Waals surface area contributed by atoms with Crippen LogP contribution in [0.1, 0.15) is 12.0 Å². The molecule has 2 rings (SSSR count). The number of aryl methyl sites for hydroxylation is 1. The molecule has 0 spiro atoms. The molecule has 1 aliphatic heterocycles. The van der Waals surface area contributed by atoms with Gasteiger partial charge >= 0.3 is 0 Å². The molecular weight excluding hydrogens is 295 g/mol. The van der Waals surface area contributed by atoms with Gasteiger partial charge < -0.3 is 9.80 Å². The van der Waals surface area contributed by atoms with E-state index in [0.717, 1.165) is 55.6 Å². The van der Waals surface area contributed by atoms with Crippen molar-refractivity contribution in [1.82, 2.24) is 9.80 Å². The van der Waals surface area contributed by atoms with Gasteiger partial charge in [0, 0.05) is 30.7 Å². The van der Waals surface area contributed by atoms with E-state index in [4.69, 9.17) is 0 Å². The van der Waals surface area contributed by atoms with E-state index in [0.29, 0.717) is 0 Å². The average Bonchev–Trinajstić information content (AvgIpc) is 2.36. The molecule has 2 nitrogen and oxygen atoms in total. The Kier molecular flexibility index (Phi) is 5.15. The van der Waals surface area contributed by atoms with Crippen LogP contribution in [-0.2, 0) is 6.42 Å². The van der Waals surface area contributed by atoms with Gasteiger partial charge in [0.1, 0.15) is 5.82 Å². The third-order valence-corrected chi connectivity index (χ3v) is 4.30. The lowest BCUT2D eigenvalue weighted by Crippen LogP contribution is -2.44. The Morgan fingerprint density at radius 2 is 1.94 bits per heavy atom. The summed E-state index contributed by atoms with van der Waals surface area (Å²) in [6.45, 7) is 5.73. The number of nitrogens with zero attached hydrogens (tertiary/aromatic N) is 2. The molecule has 0 saturated carbocycles. The molecule has 0 bridgehead atoms. The van der Waals surface area contributed by atoms with Gasteiger partial charge in [0.2, 0.25) is 0 Å². The topological polar surface area (TPSA) is 6.48 Å². The minimum absolute atomic E-state index is 0.146. The zero-order valence-electron chi connectivity index (χ0n) is 10.8. The zero-order chi connectivity index (χ0) is 13.0. The highest BCUT2D eigenvalue weighted by atomic mass is 79.9. The Hall–Kier alpha value is -0.450. The summed E-state index contributed by atoms with van der Waals surface area (Å²) in [5.74, 6) is -0.146. The Labute approximate surface area is 117 Å². The van der Waals surface area contributed by atoms with Gasteiger partial charge in [-0.05, 0) is 50.2 Å². The molecule has 4 heteroatoms. The molecule has 0 unspecified atom stereocenters. The van der Waals surface area contributed by atoms with Crippen molar-refractivity contribution in [3.63, 3.8) is 0 Å². The molecule has 0 radical (unpaired) electrons. The molecule has 1 heterocycles. The first-order chi connectivity index (χ1) is 8.65. The van der Waals surface area contributed by atoms with Crippen LogP contribution < -0.4 is 0 Å². The molecule has 0 atom stereocenters. The smallest absolute Gasteiger partial charge is 0.123 e. The Bertz CT molecular complexity index is 389. The first-order valence-corrected chi connectivity index (χ1v) is 7.29. The monoisotopic (exact) mass is 314 g/mol. The number of rotatable bonds is 4. The lowest BCUT2D eigenvalue weighted by Gasteiger charge is -2.32. The Morgan fingerprint density at radius 1 is 1.22 bits per heavy atom.